The van der Waals surface area contributed by atoms with Crippen molar-refractivity contribution >= 4 is 17.1 Å². The molecule has 0 atom stereocenters. The molecule has 0 aliphatic heterocycles. The number of fused-ring (bicyclic) bond motifs is 1. The number of aryl methyl sites for hydroxylation is 1. The van der Waals surface area contributed by atoms with Gasteiger partial charge in [-0.1, -0.05) is 56.3 Å². The molecule has 0 bridgehead atoms. The molecule has 1 heterocycles. The van der Waals surface area contributed by atoms with Crippen LogP contribution in [0.4, 0.5) is 4.39 Å². The van der Waals surface area contributed by atoms with Gasteiger partial charge in [0.05, 0.1) is 24.2 Å². The first kappa shape index (κ1) is 26.8. The number of para-hydroxylation sites is 1. The van der Waals surface area contributed by atoms with Gasteiger partial charge < -0.3 is 9.47 Å². The third-order valence-electron chi connectivity index (χ3n) is 6.73. The van der Waals surface area contributed by atoms with Gasteiger partial charge in [0.25, 0.3) is 5.56 Å². The Morgan fingerprint density at radius 3 is 2.55 bits per heavy atom. The van der Waals surface area contributed by atoms with E-state index in [-0.39, 0.29) is 23.9 Å². The van der Waals surface area contributed by atoms with Crippen LogP contribution in [0.5, 0.6) is 11.5 Å². The lowest BCUT2D eigenvalue weighted by molar-refractivity contribution is 0.300. The van der Waals surface area contributed by atoms with Crippen molar-refractivity contribution in [2.75, 3.05) is 7.11 Å². The van der Waals surface area contributed by atoms with E-state index < -0.39 is 0 Å². The van der Waals surface area contributed by atoms with Gasteiger partial charge in [0.1, 0.15) is 23.9 Å². The van der Waals surface area contributed by atoms with Gasteiger partial charge in [0, 0.05) is 11.1 Å². The highest BCUT2D eigenvalue weighted by Crippen LogP contribution is 2.34. The first-order valence-corrected chi connectivity index (χ1v) is 13.1. The Morgan fingerprint density at radius 2 is 1.77 bits per heavy atom. The average Bonchev–Trinajstić information content (AvgIpc) is 2.96. The van der Waals surface area contributed by atoms with Crippen LogP contribution in [0.15, 0.2) is 94.8 Å². The van der Waals surface area contributed by atoms with Gasteiger partial charge in [-0.25, -0.2) is 9.37 Å². The van der Waals surface area contributed by atoms with E-state index in [1.165, 1.54) is 10.7 Å². The Labute approximate surface area is 232 Å². The van der Waals surface area contributed by atoms with Crippen LogP contribution in [-0.4, -0.2) is 23.0 Å². The highest BCUT2D eigenvalue weighted by molar-refractivity contribution is 5.82. The van der Waals surface area contributed by atoms with Gasteiger partial charge in [0.2, 0.25) is 0 Å². The Hall–Kier alpha value is -4.78. The molecule has 0 unspecified atom stereocenters. The lowest BCUT2D eigenvalue weighted by Gasteiger charge is -2.17. The molecule has 0 spiro atoms. The largest absolute Gasteiger partial charge is 0.496 e. The highest BCUT2D eigenvalue weighted by Gasteiger charge is 2.18. The normalized spacial score (nSPS) is 11.4. The van der Waals surface area contributed by atoms with Gasteiger partial charge in [-0.15, -0.1) is 0 Å². The number of methoxy groups -OCH3 is 1. The zero-order chi connectivity index (χ0) is 28.2. The van der Waals surface area contributed by atoms with Crippen molar-refractivity contribution < 1.29 is 13.9 Å². The minimum Gasteiger partial charge on any atom is -0.496 e. The maximum absolute atomic E-state index is 14.0. The van der Waals surface area contributed by atoms with E-state index >= 15 is 0 Å². The summed E-state index contributed by atoms with van der Waals surface area (Å²) in [4.78, 5) is 18.6. The van der Waals surface area contributed by atoms with Crippen LogP contribution in [0.1, 0.15) is 42.0 Å². The van der Waals surface area contributed by atoms with Crippen molar-refractivity contribution in [1.29, 1.82) is 0 Å². The van der Waals surface area contributed by atoms with Crippen LogP contribution < -0.4 is 15.0 Å². The predicted molar refractivity (Wildman–Crippen MR) is 157 cm³/mol. The first-order valence-electron chi connectivity index (χ1n) is 13.1. The fraction of sp³-hybridized carbons (Fsp3) is 0.182. The Bertz CT molecular complexity index is 1780. The molecule has 40 heavy (non-hydrogen) atoms. The molecular weight excluding hydrogens is 505 g/mol. The van der Waals surface area contributed by atoms with Gasteiger partial charge >= 0.3 is 0 Å². The molecule has 0 saturated heterocycles. The number of halogens is 1. The second-order valence-electron chi connectivity index (χ2n) is 9.83. The molecule has 0 saturated carbocycles. The molecule has 1 aromatic heterocycles. The van der Waals surface area contributed by atoms with Crippen LogP contribution in [0.2, 0.25) is 0 Å². The lowest BCUT2D eigenvalue weighted by Crippen LogP contribution is -2.20. The highest BCUT2D eigenvalue weighted by atomic mass is 19.1. The molecule has 0 radical (unpaired) electrons. The van der Waals surface area contributed by atoms with E-state index in [9.17, 15) is 9.18 Å². The van der Waals surface area contributed by atoms with E-state index in [0.29, 0.717) is 33.6 Å². The Balaban J connectivity index is 1.57. The summed E-state index contributed by atoms with van der Waals surface area (Å²) in [5.41, 5.74) is 4.23. The van der Waals surface area contributed by atoms with Gasteiger partial charge in [-0.2, -0.15) is 9.78 Å². The summed E-state index contributed by atoms with van der Waals surface area (Å²) in [6.45, 7) is 6.25. The standard InChI is InChI=1S/C33H30FN3O3/c1-21(2)27-18-28(22(3)16-31(27)39-4)32-36-30-15-8-6-13-26(30)33(38)37(32)35-19-23-10-9-12-25(17-23)40-20-24-11-5-7-14-29(24)34/h5-19,21H,20H2,1-4H3. The van der Waals surface area contributed by atoms with Crippen LogP contribution in [0.3, 0.4) is 0 Å². The zero-order valence-corrected chi connectivity index (χ0v) is 22.9. The Morgan fingerprint density at radius 1 is 1.00 bits per heavy atom. The fourth-order valence-electron chi connectivity index (χ4n) is 4.56. The number of benzene rings is 4. The monoisotopic (exact) mass is 535 g/mol. The van der Waals surface area contributed by atoms with E-state index in [2.05, 4.69) is 18.9 Å². The smallest absolute Gasteiger partial charge is 0.282 e. The minimum atomic E-state index is -0.314. The zero-order valence-electron chi connectivity index (χ0n) is 22.9. The molecule has 4 aromatic carbocycles. The second kappa shape index (κ2) is 11.5. The van der Waals surface area contributed by atoms with Crippen molar-refractivity contribution in [2.45, 2.75) is 33.3 Å². The first-order chi connectivity index (χ1) is 19.4. The van der Waals surface area contributed by atoms with E-state index in [0.717, 1.165) is 22.4 Å². The van der Waals surface area contributed by atoms with Gasteiger partial charge in [-0.3, -0.25) is 4.79 Å². The summed E-state index contributed by atoms with van der Waals surface area (Å²) in [6.07, 6.45) is 1.60. The topological polar surface area (TPSA) is 65.7 Å². The minimum absolute atomic E-state index is 0.0976. The number of hydrogen-bond donors (Lipinski definition) is 0. The predicted octanol–water partition coefficient (Wildman–Crippen LogP) is 7.10. The summed E-state index contributed by atoms with van der Waals surface area (Å²) >= 11 is 0. The van der Waals surface area contributed by atoms with Crippen LogP contribution >= 0.6 is 0 Å². The average molecular weight is 536 g/mol. The van der Waals surface area contributed by atoms with Gasteiger partial charge in [-0.05, 0) is 72.0 Å². The summed E-state index contributed by atoms with van der Waals surface area (Å²) in [5, 5.41) is 5.08. The molecule has 0 fully saturated rings. The van der Waals surface area contributed by atoms with Crippen LogP contribution in [-0.2, 0) is 6.61 Å². The molecule has 5 rings (SSSR count). The van der Waals surface area contributed by atoms with Crippen molar-refractivity contribution in [3.05, 3.63) is 123 Å². The molecule has 7 heteroatoms. The van der Waals surface area contributed by atoms with Gasteiger partial charge in [0.15, 0.2) is 5.82 Å². The summed E-state index contributed by atoms with van der Waals surface area (Å²) in [7, 11) is 1.66. The number of ether oxygens (including phenoxy) is 2. The van der Waals surface area contributed by atoms with Crippen molar-refractivity contribution in [2.24, 2.45) is 5.10 Å². The molecular formula is C33H30FN3O3. The van der Waals surface area contributed by atoms with E-state index in [1.54, 1.807) is 49.7 Å². The van der Waals surface area contributed by atoms with E-state index in [1.807, 2.05) is 49.4 Å². The molecule has 0 amide bonds. The maximum Gasteiger partial charge on any atom is 0.282 e. The van der Waals surface area contributed by atoms with Crippen molar-refractivity contribution in [1.82, 2.24) is 9.66 Å². The molecule has 5 aromatic rings. The van der Waals surface area contributed by atoms with Crippen LogP contribution in [0.25, 0.3) is 22.3 Å². The second-order valence-corrected chi connectivity index (χ2v) is 9.83. The Kier molecular flexibility index (Phi) is 7.73. The molecule has 0 aliphatic carbocycles. The maximum atomic E-state index is 14.0. The molecule has 6 nitrogen and oxygen atoms in total. The summed E-state index contributed by atoms with van der Waals surface area (Å²) < 4.78 is 26.8. The SMILES string of the molecule is COc1cc(C)c(-c2nc3ccccc3c(=O)n2N=Cc2cccc(OCc3ccccc3F)c2)cc1C(C)C. The number of aromatic nitrogens is 2. The van der Waals surface area contributed by atoms with Crippen LogP contribution in [0, 0.1) is 12.7 Å². The van der Waals surface area contributed by atoms with E-state index in [4.69, 9.17) is 14.5 Å². The third-order valence-corrected chi connectivity index (χ3v) is 6.73. The molecule has 0 aliphatic rings. The van der Waals surface area contributed by atoms with Crippen molar-refractivity contribution in [3.8, 4) is 22.9 Å². The quantitative estimate of drug-likeness (QED) is 0.199. The third kappa shape index (κ3) is 5.50. The number of hydrogen-bond acceptors (Lipinski definition) is 5. The molecule has 0 N–H and O–H groups in total. The fourth-order valence-corrected chi connectivity index (χ4v) is 4.56. The summed E-state index contributed by atoms with van der Waals surface area (Å²) in [5.74, 6) is 1.68. The summed E-state index contributed by atoms with van der Waals surface area (Å²) in [6, 6.07) is 25.0. The molecule has 202 valence electrons. The number of nitrogens with zero attached hydrogens (tertiary/aromatic N) is 3. The number of rotatable bonds is 8. The lowest BCUT2D eigenvalue weighted by atomic mass is 9.96. The van der Waals surface area contributed by atoms with Crippen molar-refractivity contribution in [3.63, 3.8) is 0 Å².